The maximum Gasteiger partial charge on any atom is 0.429 e. The Kier molecular flexibility index (Phi) is 5.83. The van der Waals surface area contributed by atoms with Gasteiger partial charge < -0.3 is 14.2 Å². The van der Waals surface area contributed by atoms with E-state index in [1.54, 1.807) is 12.1 Å². The van der Waals surface area contributed by atoms with Crippen LogP contribution in [0.5, 0.6) is 5.75 Å². The molecule has 1 heterocycles. The molecule has 0 spiro atoms. The van der Waals surface area contributed by atoms with Crippen molar-refractivity contribution in [3.05, 3.63) is 29.8 Å². The van der Waals surface area contributed by atoms with Crippen LogP contribution in [0.1, 0.15) is 12.5 Å². The third-order valence-corrected chi connectivity index (χ3v) is 4.40. The Morgan fingerprint density at radius 1 is 1.38 bits per heavy atom. The van der Waals surface area contributed by atoms with E-state index in [-0.39, 0.29) is 6.10 Å². The highest BCUT2D eigenvalue weighted by molar-refractivity contribution is 7.85. The van der Waals surface area contributed by atoms with Crippen LogP contribution in [0.25, 0.3) is 0 Å². The van der Waals surface area contributed by atoms with Gasteiger partial charge in [0, 0.05) is 0 Å². The SMILES string of the molecule is CC(CS(=O)(=O)O)(OC(=O)Cc1cccc(OCC2CO2)c1)C(F)(F)F. The minimum Gasteiger partial charge on any atom is -0.491 e. The summed E-state index contributed by atoms with van der Waals surface area (Å²) in [6, 6.07) is 6.09. The lowest BCUT2D eigenvalue weighted by Crippen LogP contribution is -2.51. The molecule has 2 rings (SSSR count). The molecule has 1 N–H and O–H groups in total. The predicted molar refractivity (Wildman–Crippen MR) is 82.3 cm³/mol. The van der Waals surface area contributed by atoms with E-state index >= 15 is 0 Å². The van der Waals surface area contributed by atoms with Crippen molar-refractivity contribution in [3.63, 3.8) is 0 Å². The van der Waals surface area contributed by atoms with E-state index < -0.39 is 40.0 Å². The molecule has 146 valence electrons. The first-order chi connectivity index (χ1) is 11.9. The molecule has 1 aliphatic rings. The van der Waals surface area contributed by atoms with Crippen LogP contribution in [0.15, 0.2) is 24.3 Å². The number of alkyl halides is 3. The van der Waals surface area contributed by atoms with Crippen LogP contribution in [-0.4, -0.2) is 55.8 Å². The van der Waals surface area contributed by atoms with Gasteiger partial charge in [-0.1, -0.05) is 12.1 Å². The molecule has 0 amide bonds. The van der Waals surface area contributed by atoms with Gasteiger partial charge in [-0.05, 0) is 24.6 Å². The van der Waals surface area contributed by atoms with Crippen LogP contribution in [0, 0.1) is 0 Å². The molecule has 2 atom stereocenters. The molecule has 0 aliphatic carbocycles. The second kappa shape index (κ2) is 7.41. The van der Waals surface area contributed by atoms with Crippen molar-refractivity contribution in [1.82, 2.24) is 0 Å². The second-order valence-electron chi connectivity index (χ2n) is 6.02. The molecule has 1 fully saturated rings. The van der Waals surface area contributed by atoms with Crippen LogP contribution in [0.2, 0.25) is 0 Å². The summed E-state index contributed by atoms with van der Waals surface area (Å²) in [6.45, 7) is 1.29. The minimum absolute atomic E-state index is 0.0107. The van der Waals surface area contributed by atoms with Gasteiger partial charge in [-0.25, -0.2) is 0 Å². The molecule has 0 aromatic heterocycles. The zero-order chi connectivity index (χ0) is 19.6. The first kappa shape index (κ1) is 20.5. The number of halogens is 3. The fraction of sp³-hybridized carbons (Fsp3) is 0.533. The van der Waals surface area contributed by atoms with Crippen LogP contribution in [0.3, 0.4) is 0 Å². The van der Waals surface area contributed by atoms with Crippen LogP contribution < -0.4 is 4.74 Å². The summed E-state index contributed by atoms with van der Waals surface area (Å²) in [7, 11) is -5.03. The summed E-state index contributed by atoms with van der Waals surface area (Å²) in [4.78, 5) is 11.9. The molecule has 1 aromatic carbocycles. The third kappa shape index (κ3) is 6.15. The summed E-state index contributed by atoms with van der Waals surface area (Å²) in [5.74, 6) is -2.68. The van der Waals surface area contributed by atoms with Crippen molar-refractivity contribution in [1.29, 1.82) is 0 Å². The van der Waals surface area contributed by atoms with Gasteiger partial charge in [0.25, 0.3) is 10.1 Å². The highest BCUT2D eigenvalue weighted by atomic mass is 32.2. The number of hydrogen-bond donors (Lipinski definition) is 1. The number of rotatable bonds is 8. The van der Waals surface area contributed by atoms with Crippen molar-refractivity contribution in [3.8, 4) is 5.75 Å². The molecule has 26 heavy (non-hydrogen) atoms. The number of carbonyl (C=O) groups excluding carboxylic acids is 1. The summed E-state index contributed by atoms with van der Waals surface area (Å²) >= 11 is 0. The van der Waals surface area contributed by atoms with E-state index in [2.05, 4.69) is 4.74 Å². The van der Waals surface area contributed by atoms with Gasteiger partial charge in [0.1, 0.15) is 24.2 Å². The van der Waals surface area contributed by atoms with Crippen LogP contribution in [-0.2, 0) is 30.8 Å². The van der Waals surface area contributed by atoms with Crippen LogP contribution in [0.4, 0.5) is 13.2 Å². The van der Waals surface area contributed by atoms with Gasteiger partial charge in [-0.15, -0.1) is 0 Å². The van der Waals surface area contributed by atoms with Crippen molar-refractivity contribution in [2.75, 3.05) is 19.0 Å². The van der Waals surface area contributed by atoms with Crippen molar-refractivity contribution in [2.24, 2.45) is 0 Å². The Labute approximate surface area is 147 Å². The zero-order valence-electron chi connectivity index (χ0n) is 13.7. The average Bonchev–Trinajstić information content (AvgIpc) is 3.26. The molecule has 0 saturated carbocycles. The number of epoxide rings is 1. The zero-order valence-corrected chi connectivity index (χ0v) is 14.5. The van der Waals surface area contributed by atoms with E-state index in [4.69, 9.17) is 14.0 Å². The fourth-order valence-electron chi connectivity index (χ4n) is 2.07. The maximum atomic E-state index is 13.1. The van der Waals surface area contributed by atoms with Crippen LogP contribution >= 0.6 is 0 Å². The molecular weight excluding hydrogens is 381 g/mol. The highest BCUT2D eigenvalue weighted by Crippen LogP contribution is 2.35. The van der Waals surface area contributed by atoms with Gasteiger partial charge in [0.15, 0.2) is 0 Å². The fourth-order valence-corrected chi connectivity index (χ4v) is 2.99. The summed E-state index contributed by atoms with van der Waals surface area (Å²) in [5.41, 5.74) is -3.05. The first-order valence-electron chi connectivity index (χ1n) is 7.45. The second-order valence-corrected chi connectivity index (χ2v) is 7.47. The Hall–Kier alpha value is -1.85. The minimum atomic E-state index is -5.19. The van der Waals surface area contributed by atoms with E-state index in [0.717, 1.165) is 0 Å². The van der Waals surface area contributed by atoms with Crippen molar-refractivity contribution >= 4 is 16.1 Å². The monoisotopic (exact) mass is 398 g/mol. The normalized spacial score (nSPS) is 19.5. The highest BCUT2D eigenvalue weighted by Gasteiger charge is 2.57. The largest absolute Gasteiger partial charge is 0.491 e. The number of carbonyl (C=O) groups is 1. The van der Waals surface area contributed by atoms with Gasteiger partial charge in [0.05, 0.1) is 13.0 Å². The molecule has 7 nitrogen and oxygen atoms in total. The standard InChI is InChI=1S/C15H17F3O7S/c1-14(15(16,17)18,9-26(20,21)22)25-13(19)6-10-3-2-4-11(5-10)23-7-12-8-24-12/h2-5,12H,6-9H2,1H3,(H,20,21,22). The number of ether oxygens (including phenoxy) is 3. The number of benzene rings is 1. The summed E-state index contributed by atoms with van der Waals surface area (Å²) in [6.07, 6.45) is -5.71. The quantitative estimate of drug-likeness (QED) is 0.404. The first-order valence-corrected chi connectivity index (χ1v) is 9.06. The predicted octanol–water partition coefficient (Wildman–Crippen LogP) is 1.76. The summed E-state index contributed by atoms with van der Waals surface area (Å²) < 4.78 is 84.4. The molecule has 2 unspecified atom stereocenters. The van der Waals surface area contributed by atoms with Crippen molar-refractivity contribution < 1.29 is 45.1 Å². The number of esters is 1. The van der Waals surface area contributed by atoms with Gasteiger partial charge in [-0.2, -0.15) is 21.6 Å². The third-order valence-electron chi connectivity index (χ3n) is 3.48. The van der Waals surface area contributed by atoms with Gasteiger partial charge in [-0.3, -0.25) is 9.35 Å². The van der Waals surface area contributed by atoms with Gasteiger partial charge in [0.2, 0.25) is 5.60 Å². The molecule has 11 heteroatoms. The Balaban J connectivity index is 2.04. The Bertz CT molecular complexity index is 759. The van der Waals surface area contributed by atoms with E-state index in [1.165, 1.54) is 12.1 Å². The lowest BCUT2D eigenvalue weighted by atomic mass is 10.1. The van der Waals surface area contributed by atoms with E-state index in [1.807, 2.05) is 0 Å². The average molecular weight is 398 g/mol. The maximum absolute atomic E-state index is 13.1. The molecule has 1 aliphatic heterocycles. The molecule has 1 aromatic rings. The molecular formula is C15H17F3O7S. The van der Waals surface area contributed by atoms with E-state index in [9.17, 15) is 26.4 Å². The summed E-state index contributed by atoms with van der Waals surface area (Å²) in [5, 5.41) is 0. The van der Waals surface area contributed by atoms with Gasteiger partial charge >= 0.3 is 12.1 Å². The lowest BCUT2D eigenvalue weighted by molar-refractivity contribution is -0.255. The molecule has 0 bridgehead atoms. The smallest absolute Gasteiger partial charge is 0.429 e. The molecule has 0 radical (unpaired) electrons. The Morgan fingerprint density at radius 2 is 2.04 bits per heavy atom. The Morgan fingerprint density at radius 3 is 2.58 bits per heavy atom. The molecule has 1 saturated heterocycles. The lowest BCUT2D eigenvalue weighted by Gasteiger charge is -2.30. The van der Waals surface area contributed by atoms with E-state index in [0.29, 0.717) is 31.5 Å². The van der Waals surface area contributed by atoms with Crippen molar-refractivity contribution in [2.45, 2.75) is 31.2 Å². The number of hydrogen-bond acceptors (Lipinski definition) is 6. The topological polar surface area (TPSA) is 102 Å².